The second-order valence-corrected chi connectivity index (χ2v) is 4.92. The van der Waals surface area contributed by atoms with Crippen LogP contribution in [-0.4, -0.2) is 6.54 Å². The third kappa shape index (κ3) is 3.38. The van der Waals surface area contributed by atoms with Crippen molar-refractivity contribution < 1.29 is 4.39 Å². The van der Waals surface area contributed by atoms with Gasteiger partial charge in [0.1, 0.15) is 5.82 Å². The first-order chi connectivity index (χ1) is 9.11. The van der Waals surface area contributed by atoms with Crippen molar-refractivity contribution in [2.75, 3.05) is 11.9 Å². The second-order valence-electron chi connectivity index (χ2n) is 4.08. The van der Waals surface area contributed by atoms with Crippen LogP contribution in [0.15, 0.2) is 42.5 Å². The molecule has 0 amide bonds. The molecule has 0 aromatic heterocycles. The van der Waals surface area contributed by atoms with Gasteiger partial charge < -0.3 is 11.1 Å². The van der Waals surface area contributed by atoms with Crippen molar-refractivity contribution in [1.82, 2.24) is 0 Å². The van der Waals surface area contributed by atoms with Crippen LogP contribution >= 0.6 is 23.2 Å². The van der Waals surface area contributed by atoms with E-state index in [1.165, 1.54) is 6.07 Å². The van der Waals surface area contributed by atoms with Gasteiger partial charge in [0.25, 0.3) is 0 Å². The number of anilines is 1. The van der Waals surface area contributed by atoms with Gasteiger partial charge in [-0.05, 0) is 30.3 Å². The summed E-state index contributed by atoms with van der Waals surface area (Å²) in [5.74, 6) is -0.377. The highest BCUT2D eigenvalue weighted by Crippen LogP contribution is 2.28. The van der Waals surface area contributed by atoms with Gasteiger partial charge in [0.05, 0.1) is 6.04 Å². The minimum atomic E-state index is -0.410. The van der Waals surface area contributed by atoms with Crippen LogP contribution in [0.4, 0.5) is 10.1 Å². The van der Waals surface area contributed by atoms with E-state index < -0.39 is 6.04 Å². The molecule has 2 aromatic carbocycles. The highest BCUT2D eigenvalue weighted by atomic mass is 35.5. The van der Waals surface area contributed by atoms with E-state index in [0.29, 0.717) is 15.6 Å². The first kappa shape index (κ1) is 14.1. The number of nitrogens with one attached hydrogen (secondary N) is 1. The van der Waals surface area contributed by atoms with Crippen LogP contribution in [0.5, 0.6) is 0 Å². The topological polar surface area (TPSA) is 38.0 Å². The third-order valence-electron chi connectivity index (χ3n) is 2.75. The summed E-state index contributed by atoms with van der Waals surface area (Å²) >= 11 is 11.9. The van der Waals surface area contributed by atoms with Gasteiger partial charge in [-0.1, -0.05) is 35.3 Å². The monoisotopic (exact) mass is 298 g/mol. The molecule has 100 valence electrons. The summed E-state index contributed by atoms with van der Waals surface area (Å²) in [5, 5.41) is 4.08. The highest BCUT2D eigenvalue weighted by molar-refractivity contribution is 6.31. The quantitative estimate of drug-likeness (QED) is 0.886. The van der Waals surface area contributed by atoms with Crippen molar-refractivity contribution in [2.45, 2.75) is 6.04 Å². The summed E-state index contributed by atoms with van der Waals surface area (Å²) < 4.78 is 13.9. The number of benzene rings is 2. The number of rotatable bonds is 4. The standard InChI is InChI=1S/C14H13Cl2FN2/c15-9-3-1-4-10(7-9)19-13(8-18)14-11(16)5-2-6-12(14)17/h1-7,13,19H,8,18H2. The number of nitrogens with two attached hydrogens (primary N) is 1. The molecule has 0 fully saturated rings. The molecule has 0 saturated heterocycles. The SMILES string of the molecule is NCC(Nc1cccc(Cl)c1)c1c(F)cccc1Cl. The maximum Gasteiger partial charge on any atom is 0.130 e. The Morgan fingerprint density at radius 1 is 1.16 bits per heavy atom. The molecule has 19 heavy (non-hydrogen) atoms. The van der Waals surface area contributed by atoms with Gasteiger partial charge >= 0.3 is 0 Å². The predicted molar refractivity (Wildman–Crippen MR) is 78.3 cm³/mol. The Morgan fingerprint density at radius 3 is 2.53 bits per heavy atom. The zero-order chi connectivity index (χ0) is 13.8. The van der Waals surface area contributed by atoms with Crippen LogP contribution in [0, 0.1) is 5.82 Å². The second kappa shape index (κ2) is 6.24. The van der Waals surface area contributed by atoms with E-state index in [-0.39, 0.29) is 12.4 Å². The average molecular weight is 299 g/mol. The molecule has 0 aliphatic heterocycles. The highest BCUT2D eigenvalue weighted by Gasteiger charge is 2.17. The largest absolute Gasteiger partial charge is 0.377 e. The Balaban J connectivity index is 2.30. The summed E-state index contributed by atoms with van der Waals surface area (Å²) in [4.78, 5) is 0. The number of hydrogen-bond acceptors (Lipinski definition) is 2. The lowest BCUT2D eigenvalue weighted by molar-refractivity contribution is 0.593. The lowest BCUT2D eigenvalue weighted by Gasteiger charge is -2.20. The Morgan fingerprint density at radius 2 is 1.89 bits per heavy atom. The van der Waals surface area contributed by atoms with Crippen LogP contribution in [-0.2, 0) is 0 Å². The van der Waals surface area contributed by atoms with Crippen molar-refractivity contribution in [1.29, 1.82) is 0 Å². The lowest BCUT2D eigenvalue weighted by atomic mass is 10.1. The summed E-state index contributed by atoms with van der Waals surface area (Å²) in [5.41, 5.74) is 6.84. The van der Waals surface area contributed by atoms with E-state index in [1.807, 2.05) is 6.07 Å². The van der Waals surface area contributed by atoms with E-state index in [9.17, 15) is 4.39 Å². The summed E-state index contributed by atoms with van der Waals surface area (Å²) in [6, 6.07) is 11.3. The van der Waals surface area contributed by atoms with Gasteiger partial charge in [-0.15, -0.1) is 0 Å². The van der Waals surface area contributed by atoms with E-state index >= 15 is 0 Å². The minimum Gasteiger partial charge on any atom is -0.377 e. The maximum atomic E-state index is 13.9. The molecule has 3 N–H and O–H groups in total. The fourth-order valence-electron chi connectivity index (χ4n) is 1.87. The van der Waals surface area contributed by atoms with E-state index in [0.717, 1.165) is 5.69 Å². The number of hydrogen-bond donors (Lipinski definition) is 2. The Labute approximate surface area is 121 Å². The van der Waals surface area contributed by atoms with E-state index in [2.05, 4.69) is 5.32 Å². The molecule has 0 bridgehead atoms. The molecule has 1 unspecified atom stereocenters. The first-order valence-electron chi connectivity index (χ1n) is 5.78. The Bertz CT molecular complexity index is 555. The smallest absolute Gasteiger partial charge is 0.130 e. The molecule has 0 spiro atoms. The Kier molecular flexibility index (Phi) is 4.64. The van der Waals surface area contributed by atoms with Gasteiger partial charge in [0, 0.05) is 27.8 Å². The molecule has 1 atom stereocenters. The fourth-order valence-corrected chi connectivity index (χ4v) is 2.36. The molecule has 5 heteroatoms. The zero-order valence-electron chi connectivity index (χ0n) is 10.0. The summed E-state index contributed by atoms with van der Waals surface area (Å²) in [6.45, 7) is 0.215. The van der Waals surface area contributed by atoms with E-state index in [1.54, 1.807) is 30.3 Å². The van der Waals surface area contributed by atoms with Gasteiger partial charge in [-0.25, -0.2) is 4.39 Å². The third-order valence-corrected chi connectivity index (χ3v) is 3.31. The van der Waals surface area contributed by atoms with Crippen LogP contribution in [0.3, 0.4) is 0 Å². The van der Waals surface area contributed by atoms with Crippen LogP contribution in [0.25, 0.3) is 0 Å². The number of halogens is 3. The fraction of sp³-hybridized carbons (Fsp3) is 0.143. The van der Waals surface area contributed by atoms with E-state index in [4.69, 9.17) is 28.9 Å². The normalized spacial score (nSPS) is 12.2. The van der Waals surface area contributed by atoms with Crippen LogP contribution in [0.2, 0.25) is 10.0 Å². The molecular weight excluding hydrogens is 286 g/mol. The molecule has 2 nitrogen and oxygen atoms in total. The van der Waals surface area contributed by atoms with Gasteiger partial charge in [0.2, 0.25) is 0 Å². The molecule has 0 radical (unpaired) electrons. The van der Waals surface area contributed by atoms with Crippen molar-refractivity contribution in [2.24, 2.45) is 5.73 Å². The predicted octanol–water partition coefficient (Wildman–Crippen LogP) is 4.24. The molecule has 2 rings (SSSR count). The minimum absolute atomic E-state index is 0.215. The van der Waals surface area contributed by atoms with Gasteiger partial charge in [-0.3, -0.25) is 0 Å². The maximum absolute atomic E-state index is 13.9. The van der Waals surface area contributed by atoms with Gasteiger partial charge in [0.15, 0.2) is 0 Å². The summed E-state index contributed by atoms with van der Waals surface area (Å²) in [7, 11) is 0. The van der Waals surface area contributed by atoms with Crippen molar-refractivity contribution in [3.05, 3.63) is 63.9 Å². The molecule has 0 heterocycles. The molecule has 2 aromatic rings. The van der Waals surface area contributed by atoms with Gasteiger partial charge in [-0.2, -0.15) is 0 Å². The van der Waals surface area contributed by atoms with Crippen LogP contribution < -0.4 is 11.1 Å². The van der Waals surface area contributed by atoms with Crippen molar-refractivity contribution in [3.8, 4) is 0 Å². The molecular formula is C14H13Cl2FN2. The van der Waals surface area contributed by atoms with Crippen LogP contribution in [0.1, 0.15) is 11.6 Å². The van der Waals surface area contributed by atoms with Crippen molar-refractivity contribution in [3.63, 3.8) is 0 Å². The Hall–Kier alpha value is -1.29. The average Bonchev–Trinajstić information content (AvgIpc) is 2.37. The first-order valence-corrected chi connectivity index (χ1v) is 6.53. The summed E-state index contributed by atoms with van der Waals surface area (Å²) in [6.07, 6.45) is 0. The molecule has 0 aliphatic carbocycles. The zero-order valence-corrected chi connectivity index (χ0v) is 11.5. The molecule has 0 aliphatic rings. The molecule has 0 saturated carbocycles. The van der Waals surface area contributed by atoms with Crippen molar-refractivity contribution >= 4 is 28.9 Å². The lowest BCUT2D eigenvalue weighted by Crippen LogP contribution is -2.22.